The molecule has 0 saturated carbocycles. The van der Waals surface area contributed by atoms with E-state index in [0.29, 0.717) is 17.3 Å². The van der Waals surface area contributed by atoms with Gasteiger partial charge in [-0.3, -0.25) is 4.79 Å². The normalized spacial score (nSPS) is 23.5. The average Bonchev–Trinajstić information content (AvgIpc) is 3.08. The van der Waals surface area contributed by atoms with E-state index in [-0.39, 0.29) is 17.9 Å². The van der Waals surface area contributed by atoms with Crippen molar-refractivity contribution in [3.63, 3.8) is 0 Å². The fourth-order valence-electron chi connectivity index (χ4n) is 3.70. The predicted molar refractivity (Wildman–Crippen MR) is 99.2 cm³/mol. The number of carbonyl (C=O) groups is 1. The van der Waals surface area contributed by atoms with Crippen molar-refractivity contribution in [2.45, 2.75) is 42.9 Å². The van der Waals surface area contributed by atoms with Crippen molar-refractivity contribution in [2.24, 2.45) is 5.92 Å². The molecule has 1 amide bonds. The molecule has 0 aromatic carbocycles. The van der Waals surface area contributed by atoms with E-state index < -0.39 is 10.0 Å². The van der Waals surface area contributed by atoms with Crippen molar-refractivity contribution >= 4 is 27.3 Å². The maximum absolute atomic E-state index is 12.9. The van der Waals surface area contributed by atoms with Gasteiger partial charge < -0.3 is 10.2 Å². The molecule has 0 bridgehead atoms. The summed E-state index contributed by atoms with van der Waals surface area (Å²) in [6.07, 6.45) is 3.43. The lowest BCUT2D eigenvalue weighted by molar-refractivity contribution is -0.138. The van der Waals surface area contributed by atoms with Gasteiger partial charge in [-0.25, -0.2) is 8.42 Å². The van der Waals surface area contributed by atoms with Gasteiger partial charge in [0.25, 0.3) is 10.0 Å². The number of sulfonamides is 1. The molecule has 6 nitrogen and oxygen atoms in total. The predicted octanol–water partition coefficient (Wildman–Crippen LogP) is 1.67. The summed E-state index contributed by atoms with van der Waals surface area (Å²) in [6, 6.07) is 3.76. The molecule has 1 aromatic rings. The molecule has 2 saturated heterocycles. The van der Waals surface area contributed by atoms with E-state index in [1.165, 1.54) is 15.6 Å². The van der Waals surface area contributed by atoms with Gasteiger partial charge in [0.15, 0.2) is 0 Å². The highest BCUT2D eigenvalue weighted by atomic mass is 32.2. The number of carbonyl (C=O) groups excluding carboxylic acids is 1. The zero-order chi connectivity index (χ0) is 18.0. The van der Waals surface area contributed by atoms with E-state index in [0.717, 1.165) is 43.6 Å². The van der Waals surface area contributed by atoms with Crippen LogP contribution in [0.5, 0.6) is 0 Å². The Morgan fingerprint density at radius 3 is 2.64 bits per heavy atom. The van der Waals surface area contributed by atoms with Crippen molar-refractivity contribution in [3.05, 3.63) is 17.0 Å². The Bertz CT molecular complexity index is 710. The first-order valence-electron chi connectivity index (χ1n) is 8.93. The molecule has 1 aromatic heterocycles. The number of hydrogen-bond donors (Lipinski definition) is 1. The minimum Gasteiger partial charge on any atom is -0.342 e. The highest BCUT2D eigenvalue weighted by molar-refractivity contribution is 7.91. The Hall–Kier alpha value is -0.960. The summed E-state index contributed by atoms with van der Waals surface area (Å²) < 4.78 is 27.6. The molecule has 0 spiro atoms. The van der Waals surface area contributed by atoms with E-state index in [1.807, 2.05) is 24.9 Å². The Morgan fingerprint density at radius 2 is 2.00 bits per heavy atom. The molecule has 140 valence electrons. The van der Waals surface area contributed by atoms with Crippen molar-refractivity contribution in [3.8, 4) is 0 Å². The summed E-state index contributed by atoms with van der Waals surface area (Å²) in [7, 11) is -1.62. The summed E-state index contributed by atoms with van der Waals surface area (Å²) in [5, 5.41) is 3.31. The van der Waals surface area contributed by atoms with Crippen LogP contribution in [0.4, 0.5) is 0 Å². The summed E-state index contributed by atoms with van der Waals surface area (Å²) >= 11 is 1.30. The van der Waals surface area contributed by atoms with Gasteiger partial charge in [0.1, 0.15) is 4.21 Å². The van der Waals surface area contributed by atoms with E-state index in [4.69, 9.17) is 0 Å². The van der Waals surface area contributed by atoms with Gasteiger partial charge in [-0.05, 0) is 57.8 Å². The molecular formula is C17H27N3O3S2. The van der Waals surface area contributed by atoms with Gasteiger partial charge in [0.05, 0.1) is 5.92 Å². The third-order valence-electron chi connectivity index (χ3n) is 5.25. The van der Waals surface area contributed by atoms with Gasteiger partial charge >= 0.3 is 0 Å². The third-order valence-corrected chi connectivity index (χ3v) is 8.58. The summed E-state index contributed by atoms with van der Waals surface area (Å²) in [4.78, 5) is 15.7. The largest absolute Gasteiger partial charge is 0.342 e. The highest BCUT2D eigenvalue weighted by Gasteiger charge is 2.36. The number of rotatable bonds is 4. The molecule has 2 fully saturated rings. The van der Waals surface area contributed by atoms with Crippen molar-refractivity contribution < 1.29 is 13.2 Å². The zero-order valence-corrected chi connectivity index (χ0v) is 16.5. The maximum Gasteiger partial charge on any atom is 0.252 e. The fraction of sp³-hybridized carbons (Fsp3) is 0.706. The SMILES string of the molecule is Cc1ccc(S(=O)(=O)N2CCCC(C(=O)N(C)C3CCNCC3)C2)s1. The maximum atomic E-state index is 12.9. The Kier molecular flexibility index (Phi) is 5.82. The number of thiophene rings is 1. The number of hydrogen-bond acceptors (Lipinski definition) is 5. The van der Waals surface area contributed by atoms with Gasteiger partial charge in [-0.15, -0.1) is 11.3 Å². The topological polar surface area (TPSA) is 69.7 Å². The second kappa shape index (κ2) is 7.73. The van der Waals surface area contributed by atoms with Crippen molar-refractivity contribution in [1.82, 2.24) is 14.5 Å². The van der Waals surface area contributed by atoms with Gasteiger partial charge in [-0.1, -0.05) is 0 Å². The first kappa shape index (κ1) is 18.8. The van der Waals surface area contributed by atoms with Crippen LogP contribution in [-0.2, 0) is 14.8 Å². The van der Waals surface area contributed by atoms with Crippen LogP contribution in [0.1, 0.15) is 30.6 Å². The summed E-state index contributed by atoms with van der Waals surface area (Å²) in [5.74, 6) is -0.140. The quantitative estimate of drug-likeness (QED) is 0.856. The number of aryl methyl sites for hydroxylation is 1. The van der Waals surface area contributed by atoms with E-state index in [9.17, 15) is 13.2 Å². The first-order valence-corrected chi connectivity index (χ1v) is 11.2. The van der Waals surface area contributed by atoms with Gasteiger partial charge in [0.2, 0.25) is 5.91 Å². The van der Waals surface area contributed by atoms with Crippen LogP contribution >= 0.6 is 11.3 Å². The molecule has 1 unspecified atom stereocenters. The lowest BCUT2D eigenvalue weighted by atomic mass is 9.96. The van der Waals surface area contributed by atoms with Crippen LogP contribution in [0.15, 0.2) is 16.3 Å². The average molecular weight is 386 g/mol. The van der Waals surface area contributed by atoms with Crippen LogP contribution in [0.3, 0.4) is 0 Å². The Morgan fingerprint density at radius 1 is 1.28 bits per heavy atom. The molecule has 1 atom stereocenters. The number of nitrogens with one attached hydrogen (secondary N) is 1. The van der Waals surface area contributed by atoms with Crippen LogP contribution in [-0.4, -0.2) is 62.8 Å². The van der Waals surface area contributed by atoms with Crippen molar-refractivity contribution in [1.29, 1.82) is 0 Å². The third kappa shape index (κ3) is 4.07. The first-order chi connectivity index (χ1) is 11.9. The minimum absolute atomic E-state index is 0.0918. The standard InChI is InChI=1S/C17H27N3O3S2/c1-13-5-6-16(24-13)25(22,23)20-11-3-4-14(12-20)17(21)19(2)15-7-9-18-10-8-15/h5-6,14-15,18H,3-4,7-12H2,1-2H3. The molecule has 3 rings (SSSR count). The van der Waals surface area contributed by atoms with Gasteiger partial charge in [0, 0.05) is 31.1 Å². The number of nitrogens with zero attached hydrogens (tertiary/aromatic N) is 2. The van der Waals surface area contributed by atoms with E-state index in [2.05, 4.69) is 5.32 Å². The fourth-order valence-corrected chi connectivity index (χ4v) is 6.66. The molecule has 1 N–H and O–H groups in total. The second-order valence-electron chi connectivity index (χ2n) is 7.00. The van der Waals surface area contributed by atoms with Crippen LogP contribution in [0.25, 0.3) is 0 Å². The molecular weight excluding hydrogens is 358 g/mol. The molecule has 2 aliphatic heterocycles. The van der Waals surface area contributed by atoms with Crippen LogP contribution in [0.2, 0.25) is 0 Å². The lowest BCUT2D eigenvalue weighted by Gasteiger charge is -2.37. The van der Waals surface area contributed by atoms with Crippen LogP contribution < -0.4 is 5.32 Å². The van der Waals surface area contributed by atoms with E-state index >= 15 is 0 Å². The molecule has 8 heteroatoms. The lowest BCUT2D eigenvalue weighted by Crippen LogP contribution is -2.50. The highest BCUT2D eigenvalue weighted by Crippen LogP contribution is 2.29. The second-order valence-corrected chi connectivity index (χ2v) is 10.5. The smallest absolute Gasteiger partial charge is 0.252 e. The number of piperidine rings is 2. The molecule has 0 radical (unpaired) electrons. The summed E-state index contributed by atoms with van der Waals surface area (Å²) in [6.45, 7) is 4.57. The molecule has 3 heterocycles. The monoisotopic (exact) mass is 385 g/mol. The molecule has 0 aliphatic carbocycles. The van der Waals surface area contributed by atoms with Gasteiger partial charge in [-0.2, -0.15) is 4.31 Å². The molecule has 2 aliphatic rings. The minimum atomic E-state index is -3.49. The van der Waals surface area contributed by atoms with Crippen LogP contribution in [0, 0.1) is 12.8 Å². The van der Waals surface area contributed by atoms with Crippen molar-refractivity contribution in [2.75, 3.05) is 33.2 Å². The Labute approximate surface area is 154 Å². The molecule has 25 heavy (non-hydrogen) atoms. The summed E-state index contributed by atoms with van der Waals surface area (Å²) in [5.41, 5.74) is 0. The zero-order valence-electron chi connectivity index (χ0n) is 14.9. The Balaban J connectivity index is 1.69. The van der Waals surface area contributed by atoms with E-state index in [1.54, 1.807) is 6.07 Å². The number of amides is 1.